The molecule has 1 saturated heterocycles. The number of ether oxygens (including phenoxy) is 1. The monoisotopic (exact) mass is 556 g/mol. The van der Waals surface area contributed by atoms with Crippen molar-refractivity contribution in [3.8, 4) is 0 Å². The normalized spacial score (nSPS) is 18.8. The fraction of sp³-hybridized carbons (Fsp3) is 0.476. The second-order valence-corrected chi connectivity index (χ2v) is 11.1. The highest BCUT2D eigenvalue weighted by molar-refractivity contribution is 7.89. The number of carbonyl (C=O) groups is 4. The van der Waals surface area contributed by atoms with Crippen molar-refractivity contribution in [1.82, 2.24) is 24.5 Å². The minimum Gasteiger partial charge on any atom is -0.480 e. The molecule has 2 aromatic heterocycles. The van der Waals surface area contributed by atoms with E-state index in [0.29, 0.717) is 0 Å². The van der Waals surface area contributed by atoms with Crippen molar-refractivity contribution in [1.29, 1.82) is 0 Å². The molecule has 14 nitrogen and oxygen atoms in total. The number of piperidine rings is 1. The molecule has 0 aliphatic carbocycles. The summed E-state index contributed by atoms with van der Waals surface area (Å²) in [5.74, 6) is -3.38. The van der Waals surface area contributed by atoms with E-state index in [2.05, 4.69) is 15.0 Å². The van der Waals surface area contributed by atoms with Crippen LogP contribution in [0.3, 0.4) is 0 Å². The predicted molar refractivity (Wildman–Crippen MR) is 130 cm³/mol. The number of carboxylic acids is 1. The van der Waals surface area contributed by atoms with E-state index in [4.69, 9.17) is 15.6 Å². The van der Waals surface area contributed by atoms with E-state index in [0.717, 1.165) is 4.88 Å². The molecule has 5 N–H and O–H groups in total. The van der Waals surface area contributed by atoms with Crippen LogP contribution in [0, 0.1) is 0 Å². The molecule has 0 radical (unpaired) electrons. The molecule has 202 valence electrons. The maximum atomic E-state index is 13.3. The number of sulfonamides is 1. The molecule has 37 heavy (non-hydrogen) atoms. The quantitative estimate of drug-likeness (QED) is 0.238. The molecule has 0 aromatic carbocycles. The number of likely N-dealkylation sites (tertiary alicyclic amines) is 1. The molecule has 0 spiro atoms. The molecular weight excluding hydrogens is 528 g/mol. The van der Waals surface area contributed by atoms with Gasteiger partial charge in [-0.3, -0.25) is 14.4 Å². The summed E-state index contributed by atoms with van der Waals surface area (Å²) in [6, 6.07) is 0.617. The van der Waals surface area contributed by atoms with E-state index in [1.165, 1.54) is 33.3 Å². The van der Waals surface area contributed by atoms with Gasteiger partial charge in [-0.15, -0.1) is 11.3 Å². The molecule has 3 atom stereocenters. The maximum Gasteiger partial charge on any atom is 0.329 e. The van der Waals surface area contributed by atoms with Gasteiger partial charge in [-0.2, -0.15) is 0 Å². The number of hydrogen-bond donors (Lipinski definition) is 4. The minimum absolute atomic E-state index is 0.0189. The van der Waals surface area contributed by atoms with Crippen molar-refractivity contribution in [2.45, 2.75) is 42.4 Å². The number of nitrogens with two attached hydrogens (primary N) is 1. The molecule has 3 unspecified atom stereocenters. The number of primary amides is 1. The number of nitrogens with one attached hydrogen (secondary N) is 2. The fourth-order valence-corrected chi connectivity index (χ4v) is 5.87. The van der Waals surface area contributed by atoms with Crippen molar-refractivity contribution in [3.63, 3.8) is 0 Å². The Hall–Kier alpha value is -3.34. The summed E-state index contributed by atoms with van der Waals surface area (Å²) < 4.78 is 34.4. The summed E-state index contributed by atoms with van der Waals surface area (Å²) in [6.07, 6.45) is 2.88. The highest BCUT2D eigenvalue weighted by Gasteiger charge is 2.39. The Labute approximate surface area is 216 Å². The number of amides is 3. The van der Waals surface area contributed by atoms with Crippen LogP contribution < -0.4 is 15.8 Å². The molecule has 1 fully saturated rings. The van der Waals surface area contributed by atoms with E-state index < -0.39 is 65.1 Å². The van der Waals surface area contributed by atoms with Crippen LogP contribution in [0.1, 0.15) is 17.7 Å². The predicted octanol–water partition coefficient (Wildman–Crippen LogP) is -1.57. The number of hydrogen-bond acceptors (Lipinski definition) is 9. The number of carboxylic acid groups (broad SMARTS) is 1. The highest BCUT2D eigenvalue weighted by atomic mass is 32.2. The number of aliphatic carboxylic acids is 1. The summed E-state index contributed by atoms with van der Waals surface area (Å²) in [5, 5.41) is 12.9. The molecule has 3 amide bonds. The Morgan fingerprint density at radius 3 is 2.68 bits per heavy atom. The van der Waals surface area contributed by atoms with E-state index in [9.17, 15) is 27.6 Å². The van der Waals surface area contributed by atoms with E-state index in [-0.39, 0.29) is 30.8 Å². The second-order valence-electron chi connectivity index (χ2n) is 8.46. The van der Waals surface area contributed by atoms with Crippen molar-refractivity contribution >= 4 is 45.1 Å². The third kappa shape index (κ3) is 7.82. The van der Waals surface area contributed by atoms with E-state index in [1.54, 1.807) is 19.2 Å². The van der Waals surface area contributed by atoms with Crippen LogP contribution in [0.2, 0.25) is 0 Å². The Morgan fingerprint density at radius 2 is 2.08 bits per heavy atom. The number of carbonyl (C=O) groups excluding carboxylic acids is 3. The Kier molecular flexibility index (Phi) is 9.36. The van der Waals surface area contributed by atoms with Crippen LogP contribution >= 0.6 is 11.3 Å². The summed E-state index contributed by atoms with van der Waals surface area (Å²) in [6.45, 7) is -1.31. The summed E-state index contributed by atoms with van der Waals surface area (Å²) in [5.41, 5.74) is 5.49. The molecule has 1 aliphatic heterocycles. The van der Waals surface area contributed by atoms with Gasteiger partial charge in [-0.1, -0.05) is 6.07 Å². The molecule has 0 bridgehead atoms. The number of nitrogens with zero attached hydrogens (tertiary/aromatic N) is 3. The molecule has 2 aromatic rings. The van der Waals surface area contributed by atoms with Gasteiger partial charge in [0, 0.05) is 37.1 Å². The van der Waals surface area contributed by atoms with Gasteiger partial charge >= 0.3 is 5.97 Å². The summed E-state index contributed by atoms with van der Waals surface area (Å²) >= 11 is 1.38. The first-order chi connectivity index (χ1) is 17.5. The van der Waals surface area contributed by atoms with Crippen molar-refractivity contribution in [2.24, 2.45) is 12.8 Å². The average molecular weight is 557 g/mol. The van der Waals surface area contributed by atoms with Gasteiger partial charge in [0.05, 0.1) is 6.33 Å². The number of rotatable bonds is 12. The van der Waals surface area contributed by atoms with Gasteiger partial charge in [-0.05, 0) is 24.3 Å². The van der Waals surface area contributed by atoms with Crippen molar-refractivity contribution in [2.75, 3.05) is 19.8 Å². The lowest BCUT2D eigenvalue weighted by molar-refractivity contribution is -0.150. The van der Waals surface area contributed by atoms with E-state index >= 15 is 0 Å². The topological polar surface area (TPSA) is 203 Å². The van der Waals surface area contributed by atoms with Gasteiger partial charge in [0.25, 0.3) is 10.0 Å². The first-order valence-corrected chi connectivity index (χ1v) is 13.5. The average Bonchev–Trinajstić information content (AvgIpc) is 3.50. The lowest BCUT2D eigenvalue weighted by Crippen LogP contribution is -2.60. The zero-order chi connectivity index (χ0) is 27.2. The first kappa shape index (κ1) is 28.2. The molecule has 1 aliphatic rings. The lowest BCUT2D eigenvalue weighted by Gasteiger charge is -2.39. The summed E-state index contributed by atoms with van der Waals surface area (Å²) in [7, 11) is -2.38. The van der Waals surface area contributed by atoms with Crippen molar-refractivity contribution < 1.29 is 37.4 Å². The standard InChI is InChI=1S/C21H28N6O8S2/c1-26-9-17(23-12-26)37(33,34)25-13-4-5-27(18(28)10-35-11-19(29)30)16(7-13)21(32)24-15(20(22)31)8-14-3-2-6-36-14/h2-3,6,9,12-13,15-16,25H,4-5,7-8,10-11H2,1H3,(H2,22,31)(H,24,32)(H,29,30). The lowest BCUT2D eigenvalue weighted by atomic mass is 9.96. The number of aryl methyl sites for hydroxylation is 1. The number of aromatic nitrogens is 2. The fourth-order valence-electron chi connectivity index (χ4n) is 3.86. The third-order valence-electron chi connectivity index (χ3n) is 5.60. The van der Waals surface area contributed by atoms with Crippen LogP contribution in [0.15, 0.2) is 35.1 Å². The smallest absolute Gasteiger partial charge is 0.329 e. The Balaban J connectivity index is 1.76. The van der Waals surface area contributed by atoms with Crippen molar-refractivity contribution in [3.05, 3.63) is 34.9 Å². The number of imidazole rings is 1. The van der Waals surface area contributed by atoms with Crippen LogP contribution in [-0.2, 0) is 47.4 Å². The van der Waals surface area contributed by atoms with Gasteiger partial charge in [0.15, 0.2) is 5.03 Å². The zero-order valence-electron chi connectivity index (χ0n) is 19.9. The SMILES string of the molecule is Cn1cnc(S(=O)(=O)NC2CCN(C(=O)COCC(=O)O)C(C(=O)NC(Cc3cccs3)C(N)=O)C2)c1. The molecule has 0 saturated carbocycles. The van der Waals surface area contributed by atoms with Crippen LogP contribution in [0.5, 0.6) is 0 Å². The minimum atomic E-state index is -4.00. The molecule has 3 rings (SSSR count). The van der Waals surface area contributed by atoms with Crippen LogP contribution in [-0.4, -0.2) is 89.6 Å². The highest BCUT2D eigenvalue weighted by Crippen LogP contribution is 2.21. The Morgan fingerprint density at radius 1 is 1.32 bits per heavy atom. The van der Waals surface area contributed by atoms with E-state index in [1.807, 2.05) is 5.38 Å². The maximum absolute atomic E-state index is 13.3. The first-order valence-electron chi connectivity index (χ1n) is 11.2. The molecular formula is C21H28N6O8S2. The molecule has 3 heterocycles. The van der Waals surface area contributed by atoms with Crippen LogP contribution in [0.25, 0.3) is 0 Å². The summed E-state index contributed by atoms with van der Waals surface area (Å²) in [4.78, 5) is 54.6. The Bertz CT molecular complexity index is 1230. The second kappa shape index (κ2) is 12.3. The van der Waals surface area contributed by atoms with Crippen LogP contribution in [0.4, 0.5) is 0 Å². The largest absolute Gasteiger partial charge is 0.480 e. The number of thiophene rings is 1. The zero-order valence-corrected chi connectivity index (χ0v) is 21.5. The van der Waals surface area contributed by atoms with Gasteiger partial charge in [0.1, 0.15) is 25.3 Å². The molecule has 16 heteroatoms. The van der Waals surface area contributed by atoms with Gasteiger partial charge in [-0.25, -0.2) is 22.9 Å². The van der Waals surface area contributed by atoms with Gasteiger partial charge in [0.2, 0.25) is 17.7 Å². The van der Waals surface area contributed by atoms with Gasteiger partial charge < -0.3 is 30.4 Å². The third-order valence-corrected chi connectivity index (χ3v) is 7.90.